The molecule has 6 heteroatoms. The Balaban J connectivity index is 4.26. The van der Waals surface area contributed by atoms with Crippen molar-refractivity contribution >= 4 is 5.91 Å². The molecule has 1 amide bonds. The standard InChI is InChI=1S/C8H14F3NO2/c1-3-5(2)6(4-13)12-7(14)8(9,10)11/h5-6,13H,3-4H2,1-2H3,(H,12,14). The number of aliphatic hydroxyl groups excluding tert-OH is 1. The fourth-order valence-corrected chi connectivity index (χ4v) is 0.903. The van der Waals surface area contributed by atoms with Gasteiger partial charge in [0.15, 0.2) is 0 Å². The summed E-state index contributed by atoms with van der Waals surface area (Å²) in [5.41, 5.74) is 0. The van der Waals surface area contributed by atoms with Crippen LogP contribution < -0.4 is 5.32 Å². The maximum absolute atomic E-state index is 11.8. The van der Waals surface area contributed by atoms with Gasteiger partial charge in [0, 0.05) is 0 Å². The second-order valence-electron chi connectivity index (χ2n) is 3.15. The summed E-state index contributed by atoms with van der Waals surface area (Å²) in [7, 11) is 0. The number of carbonyl (C=O) groups excluding carboxylic acids is 1. The average Bonchev–Trinajstić information content (AvgIpc) is 2.10. The maximum Gasteiger partial charge on any atom is 0.471 e. The third-order valence-electron chi connectivity index (χ3n) is 2.10. The summed E-state index contributed by atoms with van der Waals surface area (Å²) >= 11 is 0. The van der Waals surface area contributed by atoms with Gasteiger partial charge in [-0.25, -0.2) is 0 Å². The molecule has 2 unspecified atom stereocenters. The van der Waals surface area contributed by atoms with Crippen LogP contribution >= 0.6 is 0 Å². The highest BCUT2D eigenvalue weighted by atomic mass is 19.4. The van der Waals surface area contributed by atoms with E-state index in [0.717, 1.165) is 0 Å². The van der Waals surface area contributed by atoms with Gasteiger partial charge in [-0.05, 0) is 5.92 Å². The third kappa shape index (κ3) is 3.95. The molecule has 0 aromatic heterocycles. The molecule has 3 nitrogen and oxygen atoms in total. The molecule has 0 heterocycles. The van der Waals surface area contributed by atoms with E-state index in [4.69, 9.17) is 5.11 Å². The topological polar surface area (TPSA) is 49.3 Å². The number of hydrogen-bond acceptors (Lipinski definition) is 2. The minimum absolute atomic E-state index is 0.189. The molecule has 0 rings (SSSR count). The van der Waals surface area contributed by atoms with Crippen LogP contribution in [0.2, 0.25) is 0 Å². The van der Waals surface area contributed by atoms with Crippen molar-refractivity contribution < 1.29 is 23.1 Å². The van der Waals surface area contributed by atoms with Crippen molar-refractivity contribution in [2.45, 2.75) is 32.5 Å². The monoisotopic (exact) mass is 213 g/mol. The highest BCUT2D eigenvalue weighted by molar-refractivity contribution is 5.81. The van der Waals surface area contributed by atoms with Crippen LogP contribution in [0, 0.1) is 5.92 Å². The number of halogens is 3. The quantitative estimate of drug-likeness (QED) is 0.734. The van der Waals surface area contributed by atoms with E-state index in [-0.39, 0.29) is 5.92 Å². The summed E-state index contributed by atoms with van der Waals surface area (Å²) in [6.45, 7) is 2.95. The van der Waals surface area contributed by atoms with Gasteiger partial charge in [-0.1, -0.05) is 20.3 Å². The van der Waals surface area contributed by atoms with Gasteiger partial charge in [-0.3, -0.25) is 4.79 Å². The van der Waals surface area contributed by atoms with Crippen molar-refractivity contribution in [1.82, 2.24) is 5.32 Å². The Morgan fingerprint density at radius 1 is 1.50 bits per heavy atom. The van der Waals surface area contributed by atoms with Gasteiger partial charge < -0.3 is 10.4 Å². The number of aliphatic hydroxyl groups is 1. The molecule has 0 aromatic carbocycles. The molecule has 0 aliphatic rings. The van der Waals surface area contributed by atoms with Crippen LogP contribution in [-0.2, 0) is 4.79 Å². The van der Waals surface area contributed by atoms with E-state index in [1.807, 2.05) is 0 Å². The second-order valence-corrected chi connectivity index (χ2v) is 3.15. The molecule has 0 spiro atoms. The smallest absolute Gasteiger partial charge is 0.394 e. The molecular formula is C8H14F3NO2. The summed E-state index contributed by atoms with van der Waals surface area (Å²) < 4.78 is 35.5. The van der Waals surface area contributed by atoms with Gasteiger partial charge in [-0.15, -0.1) is 0 Å². The summed E-state index contributed by atoms with van der Waals surface area (Å²) in [5.74, 6) is -2.19. The van der Waals surface area contributed by atoms with Crippen LogP contribution in [-0.4, -0.2) is 29.8 Å². The molecule has 0 aromatic rings. The molecule has 0 saturated heterocycles. The molecule has 84 valence electrons. The summed E-state index contributed by atoms with van der Waals surface area (Å²) in [5, 5.41) is 10.5. The Hall–Kier alpha value is -0.780. The van der Waals surface area contributed by atoms with Crippen molar-refractivity contribution in [1.29, 1.82) is 0 Å². The molecule has 0 bridgehead atoms. The lowest BCUT2D eigenvalue weighted by Gasteiger charge is -2.22. The van der Waals surface area contributed by atoms with E-state index in [1.54, 1.807) is 19.2 Å². The summed E-state index contributed by atoms with van der Waals surface area (Å²) in [4.78, 5) is 10.5. The highest BCUT2D eigenvalue weighted by Gasteiger charge is 2.40. The predicted molar refractivity (Wildman–Crippen MR) is 44.5 cm³/mol. The molecule has 2 N–H and O–H groups in total. The van der Waals surface area contributed by atoms with Gasteiger partial charge in [0.1, 0.15) is 0 Å². The van der Waals surface area contributed by atoms with E-state index in [0.29, 0.717) is 6.42 Å². The lowest BCUT2D eigenvalue weighted by atomic mass is 10.00. The van der Waals surface area contributed by atoms with Gasteiger partial charge >= 0.3 is 12.1 Å². The average molecular weight is 213 g/mol. The van der Waals surface area contributed by atoms with Crippen LogP contribution in [0.1, 0.15) is 20.3 Å². The molecule has 0 aliphatic carbocycles. The minimum atomic E-state index is -4.89. The van der Waals surface area contributed by atoms with Crippen molar-refractivity contribution in [3.8, 4) is 0 Å². The number of alkyl halides is 3. The van der Waals surface area contributed by atoms with E-state index in [2.05, 4.69) is 0 Å². The number of hydrogen-bond donors (Lipinski definition) is 2. The Morgan fingerprint density at radius 3 is 2.29 bits per heavy atom. The molecule has 0 saturated carbocycles. The van der Waals surface area contributed by atoms with Gasteiger partial charge in [-0.2, -0.15) is 13.2 Å². The zero-order valence-corrected chi connectivity index (χ0v) is 8.06. The van der Waals surface area contributed by atoms with Crippen LogP contribution in [0.4, 0.5) is 13.2 Å². The molecule has 2 atom stereocenters. The zero-order valence-electron chi connectivity index (χ0n) is 8.06. The first-order valence-electron chi connectivity index (χ1n) is 4.31. The van der Waals surface area contributed by atoms with Crippen LogP contribution in [0.25, 0.3) is 0 Å². The fraction of sp³-hybridized carbons (Fsp3) is 0.875. The van der Waals surface area contributed by atoms with Crippen LogP contribution in [0.15, 0.2) is 0 Å². The minimum Gasteiger partial charge on any atom is -0.394 e. The van der Waals surface area contributed by atoms with E-state index in [1.165, 1.54) is 0 Å². The molecule has 0 radical (unpaired) electrons. The predicted octanol–water partition coefficient (Wildman–Crippen LogP) is 1.07. The summed E-state index contributed by atoms with van der Waals surface area (Å²) in [6, 6.07) is -0.839. The molecule has 0 aliphatic heterocycles. The molecule has 14 heavy (non-hydrogen) atoms. The Bertz CT molecular complexity index is 194. The normalized spacial score (nSPS) is 16.1. The van der Waals surface area contributed by atoms with Crippen molar-refractivity contribution in [2.75, 3.05) is 6.61 Å². The number of nitrogens with one attached hydrogen (secondary N) is 1. The number of amides is 1. The largest absolute Gasteiger partial charge is 0.471 e. The number of carbonyl (C=O) groups is 1. The van der Waals surface area contributed by atoms with Gasteiger partial charge in [0.05, 0.1) is 12.6 Å². The number of rotatable bonds is 4. The summed E-state index contributed by atoms with van der Waals surface area (Å²) in [6.07, 6.45) is -4.30. The fourth-order valence-electron chi connectivity index (χ4n) is 0.903. The lowest BCUT2D eigenvalue weighted by Crippen LogP contribution is -2.47. The van der Waals surface area contributed by atoms with Gasteiger partial charge in [0.2, 0.25) is 0 Å². The Morgan fingerprint density at radius 2 is 2.00 bits per heavy atom. The van der Waals surface area contributed by atoms with E-state index >= 15 is 0 Å². The Labute approximate surface area is 80.3 Å². The van der Waals surface area contributed by atoms with E-state index < -0.39 is 24.7 Å². The first-order valence-corrected chi connectivity index (χ1v) is 4.31. The Kier molecular flexibility index (Phi) is 4.90. The molecule has 0 fully saturated rings. The second kappa shape index (κ2) is 5.19. The molecular weight excluding hydrogens is 199 g/mol. The first kappa shape index (κ1) is 13.2. The SMILES string of the molecule is CCC(C)C(CO)NC(=O)C(F)(F)F. The van der Waals surface area contributed by atoms with Crippen LogP contribution in [0.3, 0.4) is 0 Å². The van der Waals surface area contributed by atoms with Crippen molar-refractivity contribution in [3.05, 3.63) is 0 Å². The third-order valence-corrected chi connectivity index (χ3v) is 2.10. The lowest BCUT2D eigenvalue weighted by molar-refractivity contribution is -0.175. The van der Waals surface area contributed by atoms with Gasteiger partial charge in [0.25, 0.3) is 0 Å². The maximum atomic E-state index is 11.8. The first-order chi connectivity index (χ1) is 6.32. The van der Waals surface area contributed by atoms with E-state index in [9.17, 15) is 18.0 Å². The highest BCUT2D eigenvalue weighted by Crippen LogP contribution is 2.16. The zero-order chi connectivity index (χ0) is 11.4. The van der Waals surface area contributed by atoms with Crippen LogP contribution in [0.5, 0.6) is 0 Å². The van der Waals surface area contributed by atoms with Crippen molar-refractivity contribution in [3.63, 3.8) is 0 Å². The van der Waals surface area contributed by atoms with Crippen molar-refractivity contribution in [2.24, 2.45) is 5.92 Å².